The van der Waals surface area contributed by atoms with Gasteiger partial charge in [0.05, 0.1) is 11.5 Å². The van der Waals surface area contributed by atoms with Gasteiger partial charge in [-0.2, -0.15) is 0 Å². The molecule has 2 rings (SSSR count). The van der Waals surface area contributed by atoms with Crippen molar-refractivity contribution in [3.63, 3.8) is 0 Å². The van der Waals surface area contributed by atoms with E-state index < -0.39 is 10.8 Å². The van der Waals surface area contributed by atoms with E-state index in [9.17, 15) is 14.9 Å². The Labute approximate surface area is 126 Å². The molecular weight excluding hydrogens is 286 g/mol. The lowest BCUT2D eigenvalue weighted by atomic mass is 10.1. The van der Waals surface area contributed by atoms with Crippen LogP contribution in [0.2, 0.25) is 0 Å². The van der Waals surface area contributed by atoms with Crippen molar-refractivity contribution >= 4 is 17.3 Å². The van der Waals surface area contributed by atoms with E-state index in [2.05, 4.69) is 5.32 Å². The number of nitrogens with zero attached hydrogens (tertiary/aromatic N) is 1. The summed E-state index contributed by atoms with van der Waals surface area (Å²) in [6.07, 6.45) is 0. The Kier molecular flexibility index (Phi) is 4.92. The van der Waals surface area contributed by atoms with Gasteiger partial charge in [0.15, 0.2) is 0 Å². The van der Waals surface area contributed by atoms with Crippen LogP contribution in [0, 0.1) is 10.1 Å². The van der Waals surface area contributed by atoms with Gasteiger partial charge in [0.1, 0.15) is 18.0 Å². The number of para-hydroxylation sites is 1. The van der Waals surface area contributed by atoms with Crippen molar-refractivity contribution in [1.29, 1.82) is 0 Å². The minimum atomic E-state index is -0.620. The second-order valence-electron chi connectivity index (χ2n) is 4.45. The molecule has 0 spiro atoms. The molecule has 7 nitrogen and oxygen atoms in total. The topological polar surface area (TPSA) is 107 Å². The number of amides is 1. The fourth-order valence-electron chi connectivity index (χ4n) is 1.80. The highest BCUT2D eigenvalue weighted by molar-refractivity contribution is 5.95. The van der Waals surface area contributed by atoms with Crippen LogP contribution in [0.4, 0.5) is 11.4 Å². The summed E-state index contributed by atoms with van der Waals surface area (Å²) < 4.78 is 5.43. The van der Waals surface area contributed by atoms with Crippen molar-refractivity contribution in [3.05, 3.63) is 64.2 Å². The average Bonchev–Trinajstić information content (AvgIpc) is 2.52. The number of anilines is 1. The van der Waals surface area contributed by atoms with Crippen molar-refractivity contribution in [2.45, 2.75) is 0 Å². The van der Waals surface area contributed by atoms with Gasteiger partial charge in [-0.05, 0) is 24.3 Å². The van der Waals surface area contributed by atoms with Gasteiger partial charge in [-0.3, -0.25) is 14.9 Å². The van der Waals surface area contributed by atoms with Gasteiger partial charge in [0.25, 0.3) is 11.6 Å². The number of nitrogens with two attached hydrogens (primary N) is 1. The van der Waals surface area contributed by atoms with E-state index >= 15 is 0 Å². The SMILES string of the molecule is Nc1ccc(C(=O)NCCOc2ccccc2)cc1[N+](=O)[O-]. The minimum absolute atomic E-state index is 0.0222. The third-order valence-corrected chi connectivity index (χ3v) is 2.89. The van der Waals surface area contributed by atoms with E-state index in [1.54, 1.807) is 0 Å². The number of hydrogen-bond acceptors (Lipinski definition) is 5. The first kappa shape index (κ1) is 15.3. The second-order valence-corrected chi connectivity index (χ2v) is 4.45. The van der Waals surface area contributed by atoms with Gasteiger partial charge < -0.3 is 15.8 Å². The highest BCUT2D eigenvalue weighted by atomic mass is 16.6. The molecule has 0 saturated carbocycles. The maximum atomic E-state index is 11.9. The van der Waals surface area contributed by atoms with Gasteiger partial charge in [0.2, 0.25) is 0 Å². The predicted molar refractivity (Wildman–Crippen MR) is 81.8 cm³/mol. The summed E-state index contributed by atoms with van der Waals surface area (Å²) in [6.45, 7) is 0.582. The lowest BCUT2D eigenvalue weighted by Gasteiger charge is -2.08. The first-order valence-electron chi connectivity index (χ1n) is 6.58. The fourth-order valence-corrected chi connectivity index (χ4v) is 1.80. The van der Waals surface area contributed by atoms with Crippen LogP contribution < -0.4 is 15.8 Å². The third kappa shape index (κ3) is 3.95. The van der Waals surface area contributed by atoms with E-state index in [0.29, 0.717) is 12.4 Å². The number of nitro benzene ring substituents is 1. The van der Waals surface area contributed by atoms with Crippen molar-refractivity contribution in [2.24, 2.45) is 0 Å². The zero-order valence-corrected chi connectivity index (χ0v) is 11.7. The summed E-state index contributed by atoms with van der Waals surface area (Å²) in [5.74, 6) is 0.291. The molecule has 0 aliphatic rings. The molecular formula is C15H15N3O4. The molecule has 22 heavy (non-hydrogen) atoms. The van der Waals surface area contributed by atoms with Crippen LogP contribution in [0.3, 0.4) is 0 Å². The number of hydrogen-bond donors (Lipinski definition) is 2. The number of rotatable bonds is 6. The largest absolute Gasteiger partial charge is 0.492 e. The Morgan fingerprint density at radius 1 is 1.23 bits per heavy atom. The maximum Gasteiger partial charge on any atom is 0.292 e. The third-order valence-electron chi connectivity index (χ3n) is 2.89. The number of nitrogen functional groups attached to an aromatic ring is 1. The van der Waals surface area contributed by atoms with Gasteiger partial charge in [-0.25, -0.2) is 0 Å². The van der Waals surface area contributed by atoms with E-state index in [1.165, 1.54) is 12.1 Å². The zero-order chi connectivity index (χ0) is 15.9. The van der Waals surface area contributed by atoms with Crippen molar-refractivity contribution in [1.82, 2.24) is 5.32 Å². The van der Waals surface area contributed by atoms with E-state index in [0.717, 1.165) is 6.07 Å². The lowest BCUT2D eigenvalue weighted by molar-refractivity contribution is -0.383. The number of ether oxygens (including phenoxy) is 1. The van der Waals surface area contributed by atoms with Gasteiger partial charge in [-0.15, -0.1) is 0 Å². The van der Waals surface area contributed by atoms with Crippen molar-refractivity contribution in [2.75, 3.05) is 18.9 Å². The first-order valence-corrected chi connectivity index (χ1v) is 6.58. The second kappa shape index (κ2) is 7.07. The Bertz CT molecular complexity index is 674. The van der Waals surface area contributed by atoms with Crippen LogP contribution in [0.25, 0.3) is 0 Å². The monoisotopic (exact) mass is 301 g/mol. The molecule has 114 valence electrons. The summed E-state index contributed by atoms with van der Waals surface area (Å²) in [5.41, 5.74) is 5.40. The van der Waals surface area contributed by atoms with Gasteiger partial charge >= 0.3 is 0 Å². The molecule has 1 amide bonds. The van der Waals surface area contributed by atoms with Crippen LogP contribution in [-0.4, -0.2) is 24.0 Å². The smallest absolute Gasteiger partial charge is 0.292 e. The Hall–Kier alpha value is -3.09. The first-order chi connectivity index (χ1) is 10.6. The van der Waals surface area contributed by atoms with E-state index in [1.807, 2.05) is 30.3 Å². The number of nitro groups is 1. The summed E-state index contributed by atoms with van der Waals surface area (Å²) in [4.78, 5) is 22.1. The van der Waals surface area contributed by atoms with Crippen molar-refractivity contribution in [3.8, 4) is 5.75 Å². The quantitative estimate of drug-likeness (QED) is 0.367. The summed E-state index contributed by atoms with van der Waals surface area (Å²) in [6, 6.07) is 13.1. The normalized spacial score (nSPS) is 10.0. The fraction of sp³-hybridized carbons (Fsp3) is 0.133. The molecule has 0 saturated heterocycles. The van der Waals surface area contributed by atoms with Crippen LogP contribution >= 0.6 is 0 Å². The number of carbonyl (C=O) groups is 1. The molecule has 2 aromatic carbocycles. The molecule has 0 atom stereocenters. The van der Waals surface area contributed by atoms with Crippen molar-refractivity contribution < 1.29 is 14.5 Å². The molecule has 0 aromatic heterocycles. The summed E-state index contributed by atoms with van der Waals surface area (Å²) in [5, 5.41) is 13.4. The van der Waals surface area contributed by atoms with Crippen LogP contribution in [0.1, 0.15) is 10.4 Å². The Morgan fingerprint density at radius 3 is 2.64 bits per heavy atom. The number of nitrogens with one attached hydrogen (secondary N) is 1. The molecule has 0 aliphatic heterocycles. The van der Waals surface area contributed by atoms with E-state index in [-0.39, 0.29) is 23.5 Å². The van der Waals surface area contributed by atoms with Crippen LogP contribution in [0.15, 0.2) is 48.5 Å². The molecule has 0 radical (unpaired) electrons. The number of carbonyl (C=O) groups excluding carboxylic acids is 1. The van der Waals surface area contributed by atoms with E-state index in [4.69, 9.17) is 10.5 Å². The lowest BCUT2D eigenvalue weighted by Crippen LogP contribution is -2.28. The molecule has 7 heteroatoms. The molecule has 0 fully saturated rings. The Balaban J connectivity index is 1.87. The number of benzene rings is 2. The highest BCUT2D eigenvalue weighted by Gasteiger charge is 2.15. The zero-order valence-electron chi connectivity index (χ0n) is 11.7. The summed E-state index contributed by atoms with van der Waals surface area (Å²) in [7, 11) is 0. The average molecular weight is 301 g/mol. The Morgan fingerprint density at radius 2 is 1.95 bits per heavy atom. The molecule has 0 aliphatic carbocycles. The highest BCUT2D eigenvalue weighted by Crippen LogP contribution is 2.22. The summed E-state index contributed by atoms with van der Waals surface area (Å²) >= 11 is 0. The molecule has 0 bridgehead atoms. The maximum absolute atomic E-state index is 11.9. The van der Waals surface area contributed by atoms with Gasteiger partial charge in [0, 0.05) is 11.6 Å². The molecule has 2 aromatic rings. The molecule has 0 heterocycles. The predicted octanol–water partition coefficient (Wildman–Crippen LogP) is 1.99. The van der Waals surface area contributed by atoms with Crippen LogP contribution in [-0.2, 0) is 0 Å². The van der Waals surface area contributed by atoms with Crippen LogP contribution in [0.5, 0.6) is 5.75 Å². The molecule has 3 N–H and O–H groups in total. The molecule has 0 unspecified atom stereocenters. The minimum Gasteiger partial charge on any atom is -0.492 e. The standard InChI is InChI=1S/C15H15N3O4/c16-13-7-6-11(10-14(13)18(20)21)15(19)17-8-9-22-12-4-2-1-3-5-12/h1-7,10H,8-9,16H2,(H,17,19). The van der Waals surface area contributed by atoms with Gasteiger partial charge in [-0.1, -0.05) is 18.2 Å².